The Morgan fingerprint density at radius 1 is 1.21 bits per heavy atom. The number of nitrogens with one attached hydrogen (secondary N) is 1. The molecule has 2 amide bonds. The molecule has 0 aliphatic carbocycles. The van der Waals surface area contributed by atoms with Crippen molar-refractivity contribution in [2.75, 3.05) is 18.9 Å². The fourth-order valence-corrected chi connectivity index (χ4v) is 3.37. The summed E-state index contributed by atoms with van der Waals surface area (Å²) in [5, 5.41) is 3.35. The van der Waals surface area contributed by atoms with Gasteiger partial charge in [0.2, 0.25) is 0 Å². The minimum Gasteiger partial charge on any atom is -0.362 e. The number of benzene rings is 2. The molecule has 2 unspecified atom stereocenters. The molecule has 0 radical (unpaired) electrons. The molecule has 1 aliphatic heterocycles. The zero-order valence-electron chi connectivity index (χ0n) is 13.7. The topological polar surface area (TPSA) is 44.7 Å². The summed E-state index contributed by atoms with van der Waals surface area (Å²) in [4.78, 5) is 18.6. The highest BCUT2D eigenvalue weighted by Gasteiger charge is 2.34. The summed E-state index contributed by atoms with van der Waals surface area (Å²) in [6, 6.07) is 17.0. The summed E-state index contributed by atoms with van der Waals surface area (Å²) in [7, 11) is 1.98. The SMILES string of the molecule is CC1/C(=N\C(=O)Nc2cccc(Cl)c2)N(C)CC1c1ccccc1. The van der Waals surface area contributed by atoms with E-state index >= 15 is 0 Å². The molecule has 1 heterocycles. The predicted octanol–water partition coefficient (Wildman–Crippen LogP) is 4.64. The molecule has 1 saturated heterocycles. The van der Waals surface area contributed by atoms with Gasteiger partial charge in [-0.25, -0.2) is 4.79 Å². The third-order valence-electron chi connectivity index (χ3n) is 4.39. The summed E-state index contributed by atoms with van der Waals surface area (Å²) >= 11 is 5.94. The van der Waals surface area contributed by atoms with Crippen molar-refractivity contribution in [2.24, 2.45) is 10.9 Å². The first-order chi connectivity index (χ1) is 11.5. The van der Waals surface area contributed by atoms with E-state index in [9.17, 15) is 4.79 Å². The van der Waals surface area contributed by atoms with E-state index in [4.69, 9.17) is 11.6 Å². The number of amides is 2. The number of anilines is 1. The van der Waals surface area contributed by atoms with Crippen LogP contribution in [0.1, 0.15) is 18.4 Å². The number of amidine groups is 1. The van der Waals surface area contributed by atoms with Gasteiger partial charge in [-0.05, 0) is 23.8 Å². The van der Waals surface area contributed by atoms with Crippen LogP contribution in [0.25, 0.3) is 0 Å². The highest BCUT2D eigenvalue weighted by atomic mass is 35.5. The summed E-state index contributed by atoms with van der Waals surface area (Å²) in [6.45, 7) is 2.97. The van der Waals surface area contributed by atoms with Crippen molar-refractivity contribution < 1.29 is 4.79 Å². The summed E-state index contributed by atoms with van der Waals surface area (Å²) in [6.07, 6.45) is 0. The van der Waals surface area contributed by atoms with E-state index in [0.29, 0.717) is 16.6 Å². The molecule has 3 rings (SSSR count). The van der Waals surface area contributed by atoms with Gasteiger partial charge in [0.25, 0.3) is 0 Å². The normalized spacial score (nSPS) is 22.0. The van der Waals surface area contributed by atoms with Crippen molar-refractivity contribution in [1.82, 2.24) is 4.90 Å². The minimum atomic E-state index is -0.375. The van der Waals surface area contributed by atoms with Crippen LogP contribution in [0.5, 0.6) is 0 Å². The van der Waals surface area contributed by atoms with Crippen LogP contribution in [-0.2, 0) is 0 Å². The molecule has 0 bridgehead atoms. The molecule has 0 aromatic heterocycles. The molecule has 1 N–H and O–H groups in total. The highest BCUT2D eigenvalue weighted by molar-refractivity contribution is 6.30. The third-order valence-corrected chi connectivity index (χ3v) is 4.63. The van der Waals surface area contributed by atoms with Gasteiger partial charge in [0.15, 0.2) is 0 Å². The Hall–Kier alpha value is -2.33. The van der Waals surface area contributed by atoms with Crippen molar-refractivity contribution in [3.05, 3.63) is 65.2 Å². The van der Waals surface area contributed by atoms with Crippen LogP contribution in [0.15, 0.2) is 59.6 Å². The predicted molar refractivity (Wildman–Crippen MR) is 98.9 cm³/mol. The number of hydrogen-bond acceptors (Lipinski definition) is 1. The quantitative estimate of drug-likeness (QED) is 0.865. The van der Waals surface area contributed by atoms with Gasteiger partial charge in [-0.1, -0.05) is 54.9 Å². The van der Waals surface area contributed by atoms with E-state index < -0.39 is 0 Å². The van der Waals surface area contributed by atoms with Gasteiger partial charge in [-0.3, -0.25) is 0 Å². The smallest absolute Gasteiger partial charge is 0.347 e. The molecule has 0 spiro atoms. The number of rotatable bonds is 2. The van der Waals surface area contributed by atoms with E-state index in [1.807, 2.05) is 25.2 Å². The zero-order chi connectivity index (χ0) is 17.1. The lowest BCUT2D eigenvalue weighted by atomic mass is 9.90. The maximum Gasteiger partial charge on any atom is 0.347 e. The molecule has 124 valence electrons. The molecule has 5 heteroatoms. The third kappa shape index (κ3) is 3.60. The molecule has 1 aliphatic rings. The fraction of sp³-hybridized carbons (Fsp3) is 0.263. The second kappa shape index (κ2) is 7.05. The first kappa shape index (κ1) is 16.5. The van der Waals surface area contributed by atoms with Gasteiger partial charge in [0, 0.05) is 36.1 Å². The number of carbonyl (C=O) groups excluding carboxylic acids is 1. The average Bonchev–Trinajstić information content (AvgIpc) is 2.84. The summed E-state index contributed by atoms with van der Waals surface area (Å²) in [5.41, 5.74) is 1.92. The summed E-state index contributed by atoms with van der Waals surface area (Å²) < 4.78 is 0. The number of carbonyl (C=O) groups is 1. The number of urea groups is 1. The maximum atomic E-state index is 12.2. The van der Waals surface area contributed by atoms with Crippen molar-refractivity contribution in [3.8, 4) is 0 Å². The number of aliphatic imine (C=N–C) groups is 1. The van der Waals surface area contributed by atoms with Crippen molar-refractivity contribution in [1.29, 1.82) is 0 Å². The molecule has 4 nitrogen and oxygen atoms in total. The molecule has 2 aromatic carbocycles. The van der Waals surface area contributed by atoms with Gasteiger partial charge >= 0.3 is 6.03 Å². The molecule has 1 fully saturated rings. The highest BCUT2D eigenvalue weighted by Crippen LogP contribution is 2.33. The van der Waals surface area contributed by atoms with Gasteiger partial charge in [0.1, 0.15) is 5.84 Å². The van der Waals surface area contributed by atoms with Crippen LogP contribution < -0.4 is 5.32 Å². The molecule has 24 heavy (non-hydrogen) atoms. The van der Waals surface area contributed by atoms with E-state index in [2.05, 4.69) is 34.3 Å². The number of likely N-dealkylation sites (N-methyl/N-ethyl adjacent to an activating group) is 1. The maximum absolute atomic E-state index is 12.2. The first-order valence-electron chi connectivity index (χ1n) is 7.96. The van der Waals surface area contributed by atoms with E-state index in [1.165, 1.54) is 5.56 Å². The first-order valence-corrected chi connectivity index (χ1v) is 8.33. The standard InChI is InChI=1S/C19H20ClN3O/c1-13-17(14-7-4-3-5-8-14)12-23(2)18(13)22-19(24)21-16-10-6-9-15(20)11-16/h3-11,13,17H,12H2,1-2H3,(H,21,24)/b22-18+. The Labute approximate surface area is 147 Å². The van der Waals surface area contributed by atoms with Gasteiger partial charge in [0.05, 0.1) is 0 Å². The zero-order valence-corrected chi connectivity index (χ0v) is 14.5. The Bertz CT molecular complexity index is 760. The van der Waals surface area contributed by atoms with Crippen LogP contribution in [0.3, 0.4) is 0 Å². The van der Waals surface area contributed by atoms with Gasteiger partial charge < -0.3 is 10.2 Å². The van der Waals surface area contributed by atoms with Crippen LogP contribution in [0, 0.1) is 5.92 Å². The second-order valence-corrected chi connectivity index (χ2v) is 6.53. The molecule has 2 aromatic rings. The Morgan fingerprint density at radius 2 is 1.96 bits per heavy atom. The number of nitrogens with zero attached hydrogens (tertiary/aromatic N) is 2. The van der Waals surface area contributed by atoms with E-state index in [0.717, 1.165) is 12.4 Å². The molecule has 2 atom stereocenters. The van der Waals surface area contributed by atoms with Gasteiger partial charge in [-0.2, -0.15) is 4.99 Å². The Balaban J connectivity index is 1.76. The molecular weight excluding hydrogens is 322 g/mol. The number of halogens is 1. The van der Waals surface area contributed by atoms with E-state index in [1.54, 1.807) is 24.3 Å². The Kier molecular flexibility index (Phi) is 4.86. The van der Waals surface area contributed by atoms with Gasteiger partial charge in [-0.15, -0.1) is 0 Å². The van der Waals surface area contributed by atoms with Crippen LogP contribution in [0.2, 0.25) is 5.02 Å². The molecule has 0 saturated carbocycles. The van der Waals surface area contributed by atoms with E-state index in [-0.39, 0.29) is 11.9 Å². The average molecular weight is 342 g/mol. The van der Waals surface area contributed by atoms with Crippen LogP contribution >= 0.6 is 11.6 Å². The minimum absolute atomic E-state index is 0.183. The lowest BCUT2D eigenvalue weighted by Crippen LogP contribution is -2.24. The van der Waals surface area contributed by atoms with Crippen molar-refractivity contribution in [3.63, 3.8) is 0 Å². The number of likely N-dealkylation sites (tertiary alicyclic amines) is 1. The van der Waals surface area contributed by atoms with Crippen LogP contribution in [0.4, 0.5) is 10.5 Å². The fourth-order valence-electron chi connectivity index (χ4n) is 3.18. The Morgan fingerprint density at radius 3 is 2.67 bits per heavy atom. The number of hydrogen-bond donors (Lipinski definition) is 1. The lowest BCUT2D eigenvalue weighted by Gasteiger charge is -2.14. The lowest BCUT2D eigenvalue weighted by molar-refractivity contribution is 0.259. The van der Waals surface area contributed by atoms with Crippen molar-refractivity contribution >= 4 is 29.2 Å². The second-order valence-electron chi connectivity index (χ2n) is 6.10. The van der Waals surface area contributed by atoms with Crippen LogP contribution in [-0.4, -0.2) is 30.4 Å². The summed E-state index contributed by atoms with van der Waals surface area (Å²) in [5.74, 6) is 1.33. The van der Waals surface area contributed by atoms with Crippen molar-refractivity contribution in [2.45, 2.75) is 12.8 Å². The molecular formula is C19H20ClN3O. The largest absolute Gasteiger partial charge is 0.362 e. The monoisotopic (exact) mass is 341 g/mol.